The van der Waals surface area contributed by atoms with Gasteiger partial charge in [0.05, 0.1) is 11.5 Å². The summed E-state index contributed by atoms with van der Waals surface area (Å²) >= 11 is 0. The van der Waals surface area contributed by atoms with Crippen molar-refractivity contribution in [2.24, 2.45) is 11.3 Å². The second kappa shape index (κ2) is 6.16. The predicted octanol–water partition coefficient (Wildman–Crippen LogP) is 4.05. The summed E-state index contributed by atoms with van der Waals surface area (Å²) in [5.41, 5.74) is 0.318. The molecule has 4 heteroatoms. The largest absolute Gasteiger partial charge is 0.444 e. The van der Waals surface area contributed by atoms with E-state index in [2.05, 4.69) is 31.2 Å². The van der Waals surface area contributed by atoms with Crippen LogP contribution in [0, 0.1) is 22.7 Å². The molecule has 0 aromatic rings. The van der Waals surface area contributed by atoms with Gasteiger partial charge in [0.25, 0.3) is 0 Å². The number of carbonyl (C=O) groups is 1. The lowest BCUT2D eigenvalue weighted by molar-refractivity contribution is 0.0165. The SMILES string of the molecule is CC1C=CC=C(C2(C#N)CCN(C(=O)OC(C)(C)C)CC2)C1. The highest BCUT2D eigenvalue weighted by Gasteiger charge is 2.40. The van der Waals surface area contributed by atoms with Crippen molar-refractivity contribution in [1.29, 1.82) is 5.26 Å². The highest BCUT2D eigenvalue weighted by atomic mass is 16.6. The Morgan fingerprint density at radius 3 is 2.55 bits per heavy atom. The molecular weight excluding hydrogens is 276 g/mol. The number of likely N-dealkylation sites (tertiary alicyclic amines) is 1. The molecule has 1 aliphatic heterocycles. The second-order valence-corrected chi connectivity index (χ2v) is 7.42. The Bertz CT molecular complexity index is 526. The van der Waals surface area contributed by atoms with Crippen LogP contribution in [-0.4, -0.2) is 29.7 Å². The van der Waals surface area contributed by atoms with Crippen LogP contribution in [0.1, 0.15) is 47.0 Å². The van der Waals surface area contributed by atoms with Gasteiger partial charge in [-0.1, -0.05) is 25.2 Å². The predicted molar refractivity (Wildman–Crippen MR) is 86.1 cm³/mol. The molecule has 2 aliphatic rings. The molecule has 0 spiro atoms. The lowest BCUT2D eigenvalue weighted by Crippen LogP contribution is -2.45. The summed E-state index contributed by atoms with van der Waals surface area (Å²) in [4.78, 5) is 13.9. The van der Waals surface area contributed by atoms with Gasteiger partial charge in [-0.3, -0.25) is 0 Å². The summed E-state index contributed by atoms with van der Waals surface area (Å²) in [6.07, 6.45) is 8.37. The minimum Gasteiger partial charge on any atom is -0.444 e. The summed E-state index contributed by atoms with van der Waals surface area (Å²) in [7, 11) is 0. The molecule has 2 rings (SSSR count). The Labute approximate surface area is 133 Å². The van der Waals surface area contributed by atoms with Crippen molar-refractivity contribution in [1.82, 2.24) is 4.90 Å². The van der Waals surface area contributed by atoms with E-state index in [1.54, 1.807) is 4.90 Å². The third-order valence-corrected chi connectivity index (χ3v) is 4.38. The van der Waals surface area contributed by atoms with E-state index in [9.17, 15) is 10.1 Å². The van der Waals surface area contributed by atoms with Gasteiger partial charge in [0.2, 0.25) is 0 Å². The van der Waals surface area contributed by atoms with E-state index >= 15 is 0 Å². The molecule has 1 atom stereocenters. The fourth-order valence-electron chi connectivity index (χ4n) is 3.10. The van der Waals surface area contributed by atoms with Crippen LogP contribution in [0.25, 0.3) is 0 Å². The molecule has 1 saturated heterocycles. The Kier molecular flexibility index (Phi) is 4.65. The van der Waals surface area contributed by atoms with Crippen LogP contribution in [0.5, 0.6) is 0 Å². The highest BCUT2D eigenvalue weighted by molar-refractivity contribution is 5.68. The molecule has 0 aromatic heterocycles. The van der Waals surface area contributed by atoms with Gasteiger partial charge in [0.15, 0.2) is 0 Å². The Balaban J connectivity index is 2.03. The van der Waals surface area contributed by atoms with Crippen LogP contribution >= 0.6 is 0 Å². The van der Waals surface area contributed by atoms with Gasteiger partial charge in [0.1, 0.15) is 5.60 Å². The van der Waals surface area contributed by atoms with Crippen molar-refractivity contribution in [2.75, 3.05) is 13.1 Å². The Hall–Kier alpha value is -1.76. The number of rotatable bonds is 1. The van der Waals surface area contributed by atoms with Crippen molar-refractivity contribution in [3.63, 3.8) is 0 Å². The van der Waals surface area contributed by atoms with Crippen LogP contribution in [0.2, 0.25) is 0 Å². The zero-order valence-electron chi connectivity index (χ0n) is 14.1. The molecule has 0 bridgehead atoms. The molecule has 22 heavy (non-hydrogen) atoms. The summed E-state index contributed by atoms with van der Waals surface area (Å²) in [6, 6.07) is 2.53. The van der Waals surface area contributed by atoms with E-state index in [0.29, 0.717) is 31.8 Å². The molecule has 0 aromatic carbocycles. The first-order valence-electron chi connectivity index (χ1n) is 8.03. The van der Waals surface area contributed by atoms with Crippen LogP contribution < -0.4 is 0 Å². The van der Waals surface area contributed by atoms with Gasteiger partial charge in [-0.2, -0.15) is 5.26 Å². The number of amides is 1. The van der Waals surface area contributed by atoms with Crippen LogP contribution in [-0.2, 0) is 4.74 Å². The maximum absolute atomic E-state index is 12.1. The number of ether oxygens (including phenoxy) is 1. The summed E-state index contributed by atoms with van der Waals surface area (Å²) < 4.78 is 5.42. The molecule has 0 radical (unpaired) electrons. The van der Waals surface area contributed by atoms with Crippen molar-refractivity contribution in [3.8, 4) is 6.07 Å². The molecular formula is C18H26N2O2. The standard InChI is InChI=1S/C18H26N2O2/c1-14-6-5-7-15(12-14)18(13-19)8-10-20(11-9-18)16(21)22-17(2,3)4/h5-7,14H,8-12H2,1-4H3. The van der Waals surface area contributed by atoms with E-state index in [1.807, 2.05) is 20.8 Å². The quantitative estimate of drug-likeness (QED) is 0.734. The zero-order chi connectivity index (χ0) is 16.4. The lowest BCUT2D eigenvalue weighted by atomic mass is 9.70. The van der Waals surface area contributed by atoms with E-state index in [0.717, 1.165) is 6.42 Å². The Morgan fingerprint density at radius 2 is 2.05 bits per heavy atom. The topological polar surface area (TPSA) is 53.3 Å². The summed E-state index contributed by atoms with van der Waals surface area (Å²) in [5.74, 6) is 0.481. The molecule has 0 saturated carbocycles. The third kappa shape index (κ3) is 3.71. The monoisotopic (exact) mass is 302 g/mol. The van der Waals surface area contributed by atoms with E-state index in [-0.39, 0.29) is 6.09 Å². The first-order valence-corrected chi connectivity index (χ1v) is 8.03. The molecule has 1 heterocycles. The minimum atomic E-state index is -0.479. The van der Waals surface area contributed by atoms with Crippen LogP contribution in [0.15, 0.2) is 23.8 Å². The first kappa shape index (κ1) is 16.6. The van der Waals surface area contributed by atoms with Gasteiger partial charge >= 0.3 is 6.09 Å². The summed E-state index contributed by atoms with van der Waals surface area (Å²) in [5, 5.41) is 9.74. The number of hydrogen-bond donors (Lipinski definition) is 0. The third-order valence-electron chi connectivity index (χ3n) is 4.38. The van der Waals surface area contributed by atoms with Gasteiger partial charge in [-0.25, -0.2) is 4.79 Å². The van der Waals surface area contributed by atoms with Gasteiger partial charge in [-0.05, 0) is 51.5 Å². The number of nitrogens with zero attached hydrogens (tertiary/aromatic N) is 2. The molecule has 120 valence electrons. The van der Waals surface area contributed by atoms with Crippen molar-refractivity contribution < 1.29 is 9.53 Å². The number of carbonyl (C=O) groups excluding carboxylic acids is 1. The highest BCUT2D eigenvalue weighted by Crippen LogP contribution is 2.42. The smallest absolute Gasteiger partial charge is 0.410 e. The molecule has 1 amide bonds. The Morgan fingerprint density at radius 1 is 1.41 bits per heavy atom. The van der Waals surface area contributed by atoms with Gasteiger partial charge in [-0.15, -0.1) is 0 Å². The second-order valence-electron chi connectivity index (χ2n) is 7.42. The zero-order valence-corrected chi connectivity index (χ0v) is 14.1. The average Bonchev–Trinajstić information content (AvgIpc) is 2.45. The average molecular weight is 302 g/mol. The molecule has 1 fully saturated rings. The normalized spacial score (nSPS) is 24.4. The van der Waals surface area contributed by atoms with Crippen molar-refractivity contribution in [3.05, 3.63) is 23.8 Å². The van der Waals surface area contributed by atoms with E-state index in [1.165, 1.54) is 5.57 Å². The number of allylic oxidation sites excluding steroid dienone is 4. The van der Waals surface area contributed by atoms with Crippen molar-refractivity contribution in [2.45, 2.75) is 52.6 Å². The number of piperidine rings is 1. The van der Waals surface area contributed by atoms with Gasteiger partial charge < -0.3 is 9.64 Å². The molecule has 1 unspecified atom stereocenters. The summed E-state index contributed by atoms with van der Waals surface area (Å²) in [6.45, 7) is 8.94. The number of hydrogen-bond acceptors (Lipinski definition) is 3. The first-order chi connectivity index (χ1) is 10.3. The molecule has 4 nitrogen and oxygen atoms in total. The fraction of sp³-hybridized carbons (Fsp3) is 0.667. The van der Waals surface area contributed by atoms with E-state index in [4.69, 9.17) is 4.74 Å². The van der Waals surface area contributed by atoms with E-state index < -0.39 is 11.0 Å². The fourth-order valence-corrected chi connectivity index (χ4v) is 3.10. The maximum Gasteiger partial charge on any atom is 0.410 e. The molecule has 1 aliphatic carbocycles. The lowest BCUT2D eigenvalue weighted by Gasteiger charge is -2.40. The maximum atomic E-state index is 12.1. The van der Waals surface area contributed by atoms with Crippen LogP contribution in [0.3, 0.4) is 0 Å². The van der Waals surface area contributed by atoms with Gasteiger partial charge in [0, 0.05) is 13.1 Å². The molecule has 0 N–H and O–H groups in total. The minimum absolute atomic E-state index is 0.273. The van der Waals surface area contributed by atoms with Crippen molar-refractivity contribution >= 4 is 6.09 Å². The van der Waals surface area contributed by atoms with Crippen LogP contribution in [0.4, 0.5) is 4.79 Å². The number of nitriles is 1.